The maximum Gasteiger partial charge on any atom is 0.191 e. The summed E-state index contributed by atoms with van der Waals surface area (Å²) in [5, 5.41) is 14.9. The Morgan fingerprint density at radius 1 is 1.27 bits per heavy atom. The molecule has 0 radical (unpaired) electrons. The predicted molar refractivity (Wildman–Crippen MR) is 107 cm³/mol. The second-order valence-corrected chi connectivity index (χ2v) is 7.23. The molecule has 2 aromatic heterocycles. The van der Waals surface area contributed by atoms with Crippen molar-refractivity contribution in [3.63, 3.8) is 0 Å². The van der Waals surface area contributed by atoms with E-state index in [1.54, 1.807) is 18.4 Å². The van der Waals surface area contributed by atoms with Crippen LogP contribution in [0, 0.1) is 6.92 Å². The molecule has 8 heteroatoms. The largest absolute Gasteiger partial charge is 0.356 e. The van der Waals surface area contributed by atoms with Crippen LogP contribution in [0.2, 0.25) is 5.02 Å². The molecular formula is C18H21ClN6S. The molecule has 0 bridgehead atoms. The molecule has 2 N–H and O–H groups in total. The minimum absolute atomic E-state index is 0.642. The summed E-state index contributed by atoms with van der Waals surface area (Å²) in [6, 6.07) is 7.58. The molecule has 3 aromatic rings. The Morgan fingerprint density at radius 3 is 2.77 bits per heavy atom. The maximum atomic E-state index is 5.92. The summed E-state index contributed by atoms with van der Waals surface area (Å²) in [7, 11) is 1.76. The molecule has 3 rings (SSSR count). The lowest BCUT2D eigenvalue weighted by molar-refractivity contribution is 0.785. The molecule has 0 saturated heterocycles. The van der Waals surface area contributed by atoms with E-state index in [1.807, 2.05) is 48.3 Å². The minimum atomic E-state index is 0.642. The Balaban J connectivity index is 1.48. The van der Waals surface area contributed by atoms with Crippen LogP contribution in [0.4, 0.5) is 0 Å². The first-order valence-corrected chi connectivity index (χ1v) is 9.55. The molecule has 0 aliphatic carbocycles. The fourth-order valence-electron chi connectivity index (χ4n) is 2.42. The van der Waals surface area contributed by atoms with E-state index in [4.69, 9.17) is 11.6 Å². The highest BCUT2D eigenvalue weighted by Gasteiger charge is 2.04. The normalized spacial score (nSPS) is 11.6. The highest BCUT2D eigenvalue weighted by atomic mass is 35.5. The van der Waals surface area contributed by atoms with Crippen molar-refractivity contribution >= 4 is 28.9 Å². The molecule has 26 heavy (non-hydrogen) atoms. The monoisotopic (exact) mass is 388 g/mol. The van der Waals surface area contributed by atoms with Crippen molar-refractivity contribution in [3.05, 3.63) is 63.3 Å². The lowest BCUT2D eigenvalue weighted by Crippen LogP contribution is -2.37. The van der Waals surface area contributed by atoms with Gasteiger partial charge in [-0.1, -0.05) is 11.6 Å². The zero-order valence-electron chi connectivity index (χ0n) is 14.7. The highest BCUT2D eigenvalue weighted by molar-refractivity contribution is 7.09. The van der Waals surface area contributed by atoms with E-state index in [9.17, 15) is 0 Å². The summed E-state index contributed by atoms with van der Waals surface area (Å²) >= 11 is 7.60. The smallest absolute Gasteiger partial charge is 0.191 e. The van der Waals surface area contributed by atoms with Gasteiger partial charge in [-0.15, -0.1) is 11.3 Å². The molecule has 1 aromatic carbocycles. The number of nitrogens with one attached hydrogen (secondary N) is 2. The molecule has 0 saturated carbocycles. The van der Waals surface area contributed by atoms with Crippen molar-refractivity contribution in [2.75, 3.05) is 13.6 Å². The number of hydrogen-bond donors (Lipinski definition) is 2. The van der Waals surface area contributed by atoms with Crippen LogP contribution >= 0.6 is 22.9 Å². The zero-order chi connectivity index (χ0) is 18.4. The Bertz CT molecular complexity index is 868. The topological polar surface area (TPSA) is 67.1 Å². The molecule has 6 nitrogen and oxygen atoms in total. The minimum Gasteiger partial charge on any atom is -0.356 e. The zero-order valence-corrected chi connectivity index (χ0v) is 16.3. The fraction of sp³-hybridized carbons (Fsp3) is 0.278. The van der Waals surface area contributed by atoms with E-state index in [-0.39, 0.29) is 0 Å². The van der Waals surface area contributed by atoms with Gasteiger partial charge in [-0.2, -0.15) is 5.10 Å². The van der Waals surface area contributed by atoms with Crippen LogP contribution in [0.5, 0.6) is 0 Å². The molecule has 0 aliphatic rings. The number of guanidine groups is 1. The van der Waals surface area contributed by atoms with Crippen molar-refractivity contribution in [3.8, 4) is 5.69 Å². The van der Waals surface area contributed by atoms with Crippen LogP contribution in [0.3, 0.4) is 0 Å². The molecule has 0 spiro atoms. The van der Waals surface area contributed by atoms with Crippen molar-refractivity contribution < 1.29 is 0 Å². The van der Waals surface area contributed by atoms with Gasteiger partial charge in [0.25, 0.3) is 0 Å². The summed E-state index contributed by atoms with van der Waals surface area (Å²) in [6.07, 6.45) is 4.70. The first kappa shape index (κ1) is 18.4. The summed E-state index contributed by atoms with van der Waals surface area (Å²) in [5.41, 5.74) is 3.15. The highest BCUT2D eigenvalue weighted by Crippen LogP contribution is 2.13. The van der Waals surface area contributed by atoms with E-state index >= 15 is 0 Å². The van der Waals surface area contributed by atoms with E-state index in [1.165, 1.54) is 0 Å². The number of halogens is 1. The van der Waals surface area contributed by atoms with Crippen molar-refractivity contribution in [1.82, 2.24) is 25.4 Å². The SMILES string of the molecule is CN=C(NCCc1csc(C)n1)NCc1cnn(-c2ccc(Cl)cc2)c1. The van der Waals surface area contributed by atoms with Crippen LogP contribution < -0.4 is 10.6 Å². The van der Waals surface area contributed by atoms with Gasteiger partial charge in [0.05, 0.1) is 22.6 Å². The molecule has 136 valence electrons. The van der Waals surface area contributed by atoms with Gasteiger partial charge >= 0.3 is 0 Å². The third kappa shape index (κ3) is 5.06. The first-order valence-electron chi connectivity index (χ1n) is 8.29. The van der Waals surface area contributed by atoms with Crippen molar-refractivity contribution in [2.24, 2.45) is 4.99 Å². The van der Waals surface area contributed by atoms with Crippen LogP contribution in [0.1, 0.15) is 16.3 Å². The Labute approximate surface area is 162 Å². The molecule has 0 unspecified atom stereocenters. The van der Waals surface area contributed by atoms with Gasteiger partial charge in [-0.25, -0.2) is 9.67 Å². The second-order valence-electron chi connectivity index (χ2n) is 5.73. The summed E-state index contributed by atoms with van der Waals surface area (Å²) < 4.78 is 1.83. The first-order chi connectivity index (χ1) is 12.6. The molecule has 0 atom stereocenters. The number of thiazole rings is 1. The van der Waals surface area contributed by atoms with Crippen LogP contribution in [-0.4, -0.2) is 34.3 Å². The maximum absolute atomic E-state index is 5.92. The van der Waals surface area contributed by atoms with Gasteiger partial charge in [0.15, 0.2) is 5.96 Å². The lowest BCUT2D eigenvalue weighted by Gasteiger charge is -2.10. The number of aryl methyl sites for hydroxylation is 1. The van der Waals surface area contributed by atoms with E-state index in [0.29, 0.717) is 11.6 Å². The second kappa shape index (κ2) is 8.82. The number of aromatic nitrogens is 3. The number of nitrogens with zero attached hydrogens (tertiary/aromatic N) is 4. The van der Waals surface area contributed by atoms with Crippen LogP contribution in [-0.2, 0) is 13.0 Å². The third-order valence-corrected chi connectivity index (χ3v) is 4.83. The Morgan fingerprint density at radius 2 is 2.08 bits per heavy atom. The third-order valence-electron chi connectivity index (χ3n) is 3.75. The van der Waals surface area contributed by atoms with Crippen LogP contribution in [0.25, 0.3) is 5.69 Å². The van der Waals surface area contributed by atoms with Crippen molar-refractivity contribution in [1.29, 1.82) is 0 Å². The van der Waals surface area contributed by atoms with Gasteiger partial charge in [0.1, 0.15) is 0 Å². The van der Waals surface area contributed by atoms with Gasteiger partial charge in [-0.05, 0) is 31.2 Å². The van der Waals surface area contributed by atoms with Crippen molar-refractivity contribution in [2.45, 2.75) is 19.9 Å². The van der Waals surface area contributed by atoms with E-state index in [2.05, 4.69) is 31.1 Å². The average molecular weight is 389 g/mol. The molecule has 2 heterocycles. The van der Waals surface area contributed by atoms with E-state index in [0.717, 1.165) is 40.9 Å². The molecule has 0 aliphatic heterocycles. The standard InChI is InChI=1S/C18H21ClN6S/c1-13-24-16(12-26-13)7-8-21-18(20-2)22-9-14-10-23-25(11-14)17-5-3-15(19)4-6-17/h3-6,10-12H,7-9H2,1-2H3,(H2,20,21,22). The van der Waals surface area contributed by atoms with Crippen LogP contribution in [0.15, 0.2) is 47.0 Å². The summed E-state index contributed by atoms with van der Waals surface area (Å²) in [5.74, 6) is 0.760. The summed E-state index contributed by atoms with van der Waals surface area (Å²) in [4.78, 5) is 8.71. The Hall–Kier alpha value is -2.38. The molecular weight excluding hydrogens is 368 g/mol. The van der Waals surface area contributed by atoms with E-state index < -0.39 is 0 Å². The number of rotatable bonds is 6. The van der Waals surface area contributed by atoms with Gasteiger partial charge < -0.3 is 10.6 Å². The number of hydrogen-bond acceptors (Lipinski definition) is 4. The predicted octanol–water partition coefficient (Wildman–Crippen LogP) is 3.20. The summed E-state index contributed by atoms with van der Waals surface area (Å²) in [6.45, 7) is 3.45. The number of benzene rings is 1. The lowest BCUT2D eigenvalue weighted by atomic mass is 10.3. The number of aliphatic imine (C=N–C) groups is 1. The average Bonchev–Trinajstić information content (AvgIpc) is 3.28. The van der Waals surface area contributed by atoms with Gasteiger partial charge in [0.2, 0.25) is 0 Å². The fourth-order valence-corrected chi connectivity index (χ4v) is 3.20. The van der Waals surface area contributed by atoms with Gasteiger partial charge in [0, 0.05) is 48.7 Å². The molecule has 0 amide bonds. The quantitative estimate of drug-likeness (QED) is 0.502. The Kier molecular flexibility index (Phi) is 6.25. The van der Waals surface area contributed by atoms with Gasteiger partial charge in [-0.3, -0.25) is 4.99 Å². The molecule has 0 fully saturated rings.